The molecule has 0 N–H and O–H groups in total. The van der Waals surface area contributed by atoms with Gasteiger partial charge in [0.1, 0.15) is 12.0 Å². The van der Waals surface area contributed by atoms with Crippen LogP contribution in [0.3, 0.4) is 0 Å². The molecule has 0 aromatic heterocycles. The Morgan fingerprint density at radius 1 is 1.22 bits per heavy atom. The Bertz CT molecular complexity index is 662. The molecule has 27 heavy (non-hydrogen) atoms. The Balaban J connectivity index is 1.86. The second kappa shape index (κ2) is 8.42. The molecule has 2 aliphatic heterocycles. The van der Waals surface area contributed by atoms with E-state index >= 15 is 0 Å². The van der Waals surface area contributed by atoms with Gasteiger partial charge in [0.05, 0.1) is 12.7 Å². The maximum Gasteiger partial charge on any atom is 0.338 e. The standard InChI is InChI=1S/C22H31NO4/c1-4-5-9-13-22-14-12-17(23(22)2)15-18(19(22)21(25)26-3)27-20(24)16-10-7-6-8-11-16/h6-8,10-11,17-19H,4-5,9,12-15H2,1-3H3/t17-,18+,19?,22?/m1/s1. The van der Waals surface area contributed by atoms with Crippen molar-refractivity contribution in [1.82, 2.24) is 4.90 Å². The van der Waals surface area contributed by atoms with E-state index in [1.807, 2.05) is 18.2 Å². The van der Waals surface area contributed by atoms with Crippen molar-refractivity contribution in [2.45, 2.75) is 69.6 Å². The first-order valence-electron chi connectivity index (χ1n) is 10.1. The molecule has 1 aromatic carbocycles. The van der Waals surface area contributed by atoms with Crippen molar-refractivity contribution in [2.75, 3.05) is 14.2 Å². The number of hydrogen-bond donors (Lipinski definition) is 0. The molecule has 2 heterocycles. The van der Waals surface area contributed by atoms with E-state index in [1.165, 1.54) is 7.11 Å². The third kappa shape index (κ3) is 3.75. The maximum absolute atomic E-state index is 12.8. The van der Waals surface area contributed by atoms with Gasteiger partial charge in [-0.2, -0.15) is 0 Å². The highest BCUT2D eigenvalue weighted by Gasteiger charge is 2.60. The molecule has 5 nitrogen and oxygen atoms in total. The second-order valence-electron chi connectivity index (χ2n) is 7.91. The Hall–Kier alpha value is -1.88. The van der Waals surface area contributed by atoms with Crippen LogP contribution in [0.15, 0.2) is 30.3 Å². The first-order valence-corrected chi connectivity index (χ1v) is 10.1. The summed E-state index contributed by atoms with van der Waals surface area (Å²) >= 11 is 0. The molecule has 0 radical (unpaired) electrons. The third-order valence-corrected chi connectivity index (χ3v) is 6.55. The normalized spacial score (nSPS) is 30.1. The lowest BCUT2D eigenvalue weighted by Gasteiger charge is -2.50. The monoisotopic (exact) mass is 373 g/mol. The fourth-order valence-corrected chi connectivity index (χ4v) is 5.08. The van der Waals surface area contributed by atoms with Crippen LogP contribution in [0.1, 0.15) is 62.2 Å². The van der Waals surface area contributed by atoms with Crippen LogP contribution in [0.4, 0.5) is 0 Å². The average Bonchev–Trinajstić information content (AvgIpc) is 2.89. The number of piperidine rings is 1. The topological polar surface area (TPSA) is 55.8 Å². The van der Waals surface area contributed by atoms with E-state index in [2.05, 4.69) is 18.9 Å². The van der Waals surface area contributed by atoms with Gasteiger partial charge >= 0.3 is 11.9 Å². The Morgan fingerprint density at radius 3 is 2.63 bits per heavy atom. The number of fused-ring (bicyclic) bond motifs is 2. The highest BCUT2D eigenvalue weighted by molar-refractivity contribution is 5.89. The van der Waals surface area contributed by atoms with Gasteiger partial charge < -0.3 is 9.47 Å². The lowest BCUT2D eigenvalue weighted by Crippen LogP contribution is -2.62. The van der Waals surface area contributed by atoms with Crippen LogP contribution in [0.25, 0.3) is 0 Å². The Labute approximate surface area is 162 Å². The zero-order valence-electron chi connectivity index (χ0n) is 16.6. The van der Waals surface area contributed by atoms with Crippen LogP contribution >= 0.6 is 0 Å². The number of carbonyl (C=O) groups excluding carboxylic acids is 2. The first-order chi connectivity index (χ1) is 13.0. The van der Waals surface area contributed by atoms with Crippen molar-refractivity contribution in [3.63, 3.8) is 0 Å². The number of benzene rings is 1. The van der Waals surface area contributed by atoms with Gasteiger partial charge in [0.2, 0.25) is 0 Å². The zero-order valence-corrected chi connectivity index (χ0v) is 16.6. The van der Waals surface area contributed by atoms with Gasteiger partial charge in [0, 0.05) is 18.0 Å². The van der Waals surface area contributed by atoms with Gasteiger partial charge in [0.15, 0.2) is 0 Å². The largest absolute Gasteiger partial charge is 0.469 e. The van der Waals surface area contributed by atoms with E-state index in [9.17, 15) is 9.59 Å². The molecule has 5 heteroatoms. The highest BCUT2D eigenvalue weighted by Crippen LogP contribution is 2.50. The number of nitrogens with zero attached hydrogens (tertiary/aromatic N) is 1. The molecule has 0 saturated carbocycles. The van der Waals surface area contributed by atoms with Crippen molar-refractivity contribution in [3.8, 4) is 0 Å². The summed E-state index contributed by atoms with van der Waals surface area (Å²) in [6.07, 6.45) is 6.53. The minimum absolute atomic E-state index is 0.260. The average molecular weight is 373 g/mol. The van der Waals surface area contributed by atoms with Crippen molar-refractivity contribution in [2.24, 2.45) is 5.92 Å². The third-order valence-electron chi connectivity index (χ3n) is 6.55. The summed E-state index contributed by atoms with van der Waals surface area (Å²) in [4.78, 5) is 27.9. The summed E-state index contributed by atoms with van der Waals surface area (Å²) in [6.45, 7) is 2.18. The molecule has 2 fully saturated rings. The first kappa shape index (κ1) is 19.9. The van der Waals surface area contributed by atoms with E-state index < -0.39 is 12.0 Å². The summed E-state index contributed by atoms with van der Waals surface area (Å²) in [5, 5.41) is 0. The van der Waals surface area contributed by atoms with Gasteiger partial charge in [0.25, 0.3) is 0 Å². The smallest absolute Gasteiger partial charge is 0.338 e. The van der Waals surface area contributed by atoms with E-state index in [4.69, 9.17) is 9.47 Å². The fraction of sp³-hybridized carbons (Fsp3) is 0.636. The van der Waals surface area contributed by atoms with Crippen LogP contribution in [0.5, 0.6) is 0 Å². The lowest BCUT2D eigenvalue weighted by molar-refractivity contribution is -0.164. The fourth-order valence-electron chi connectivity index (χ4n) is 5.08. The van der Waals surface area contributed by atoms with Crippen molar-refractivity contribution in [1.29, 1.82) is 0 Å². The van der Waals surface area contributed by atoms with E-state index in [0.29, 0.717) is 18.0 Å². The Kier molecular flexibility index (Phi) is 6.20. The molecule has 2 unspecified atom stereocenters. The minimum atomic E-state index is -0.435. The quantitative estimate of drug-likeness (QED) is 0.537. The number of rotatable bonds is 7. The predicted molar refractivity (Wildman–Crippen MR) is 103 cm³/mol. The lowest BCUT2D eigenvalue weighted by atomic mass is 9.72. The molecular weight excluding hydrogens is 342 g/mol. The Morgan fingerprint density at radius 2 is 1.96 bits per heavy atom. The number of unbranched alkanes of at least 4 members (excludes halogenated alkanes) is 2. The van der Waals surface area contributed by atoms with Gasteiger partial charge in [-0.1, -0.05) is 44.4 Å². The second-order valence-corrected chi connectivity index (χ2v) is 7.91. The number of methoxy groups -OCH3 is 1. The highest BCUT2D eigenvalue weighted by atomic mass is 16.6. The molecular formula is C22H31NO4. The number of hydrogen-bond acceptors (Lipinski definition) is 5. The molecule has 0 amide bonds. The van der Waals surface area contributed by atoms with E-state index in [1.54, 1.807) is 12.1 Å². The van der Waals surface area contributed by atoms with Crippen molar-refractivity contribution in [3.05, 3.63) is 35.9 Å². The van der Waals surface area contributed by atoms with Gasteiger partial charge in [-0.05, 0) is 38.4 Å². The van der Waals surface area contributed by atoms with Crippen LogP contribution in [-0.2, 0) is 14.3 Å². The molecule has 148 valence electrons. The minimum Gasteiger partial charge on any atom is -0.469 e. The molecule has 3 rings (SSSR count). The summed E-state index contributed by atoms with van der Waals surface area (Å²) in [5.74, 6) is -1.05. The van der Waals surface area contributed by atoms with Crippen LogP contribution in [0, 0.1) is 5.92 Å². The summed E-state index contributed by atoms with van der Waals surface area (Å²) < 4.78 is 11.1. The maximum atomic E-state index is 12.8. The predicted octanol–water partition coefficient (Wildman–Crippen LogP) is 3.82. The number of carbonyl (C=O) groups is 2. The molecule has 2 aliphatic rings. The molecule has 1 aromatic rings. The van der Waals surface area contributed by atoms with Crippen LogP contribution in [-0.4, -0.2) is 48.7 Å². The van der Waals surface area contributed by atoms with Gasteiger partial charge in [-0.25, -0.2) is 4.79 Å². The molecule has 2 saturated heterocycles. The molecule has 2 bridgehead atoms. The van der Waals surface area contributed by atoms with Crippen molar-refractivity contribution < 1.29 is 19.1 Å². The summed E-state index contributed by atoms with van der Waals surface area (Å²) in [6, 6.07) is 9.34. The molecule has 4 atom stereocenters. The zero-order chi connectivity index (χ0) is 19.4. The van der Waals surface area contributed by atoms with Gasteiger partial charge in [-0.15, -0.1) is 0 Å². The van der Waals surface area contributed by atoms with E-state index in [-0.39, 0.29) is 17.5 Å². The summed E-state index contributed by atoms with van der Waals surface area (Å²) in [7, 11) is 3.55. The number of ether oxygens (including phenoxy) is 2. The van der Waals surface area contributed by atoms with Gasteiger partial charge in [-0.3, -0.25) is 9.69 Å². The molecule has 0 aliphatic carbocycles. The molecule has 0 spiro atoms. The SMILES string of the molecule is CCCCCC12CC[C@H](C[C@H](OC(=O)c3ccccc3)C1C(=O)OC)N2C. The van der Waals surface area contributed by atoms with Crippen LogP contribution in [0.2, 0.25) is 0 Å². The van der Waals surface area contributed by atoms with Crippen molar-refractivity contribution >= 4 is 11.9 Å². The summed E-state index contributed by atoms with van der Waals surface area (Å²) in [5.41, 5.74) is 0.250. The van der Waals surface area contributed by atoms with Crippen LogP contribution < -0.4 is 0 Å². The number of esters is 2. The van der Waals surface area contributed by atoms with E-state index in [0.717, 1.165) is 38.5 Å².